The Labute approximate surface area is 240 Å². The van der Waals surface area contributed by atoms with E-state index in [1.165, 1.54) is 55.3 Å². The molecule has 1 aliphatic rings. The number of sulfonamides is 2. The Morgan fingerprint density at radius 1 is 0.900 bits per heavy atom. The number of hydrogen-bond donors (Lipinski definition) is 2. The zero-order valence-corrected chi connectivity index (χ0v) is 25.3. The molecule has 12 heteroatoms. The Hall–Kier alpha value is -3.22. The molecular weight excluding hydrogens is 571 g/mol. The molecule has 9 nitrogen and oxygen atoms in total. The van der Waals surface area contributed by atoms with Gasteiger partial charge in [-0.3, -0.25) is 14.2 Å². The Kier molecular flexibility index (Phi) is 9.01. The van der Waals surface area contributed by atoms with Crippen LogP contribution in [0.3, 0.4) is 0 Å². The van der Waals surface area contributed by atoms with Gasteiger partial charge >= 0.3 is 0 Å². The first-order valence-electron chi connectivity index (χ1n) is 12.7. The second-order valence-electron chi connectivity index (χ2n) is 9.78. The SMILES string of the molecule is COc1ccc(C)cc1NS(=O)(=O)c1ccc(NS(=O)(=O)c2ccc(SC)c(C(=O)N3CCC(C)CC3)c2)cc1. The maximum absolute atomic E-state index is 13.3. The van der Waals surface area contributed by atoms with E-state index in [1.807, 2.05) is 13.2 Å². The smallest absolute Gasteiger partial charge is 0.262 e. The molecule has 0 aliphatic carbocycles. The van der Waals surface area contributed by atoms with Gasteiger partial charge in [0.1, 0.15) is 5.75 Å². The van der Waals surface area contributed by atoms with Crippen molar-refractivity contribution < 1.29 is 26.4 Å². The van der Waals surface area contributed by atoms with Gasteiger partial charge in [0.15, 0.2) is 0 Å². The summed E-state index contributed by atoms with van der Waals surface area (Å²) in [5.41, 5.74) is 1.68. The molecule has 0 atom stereocenters. The van der Waals surface area contributed by atoms with Crippen LogP contribution >= 0.6 is 11.8 Å². The lowest BCUT2D eigenvalue weighted by molar-refractivity contribution is 0.0693. The van der Waals surface area contributed by atoms with Crippen molar-refractivity contribution in [1.29, 1.82) is 0 Å². The normalized spacial score (nSPS) is 14.6. The van der Waals surface area contributed by atoms with Crippen LogP contribution in [0.4, 0.5) is 11.4 Å². The lowest BCUT2D eigenvalue weighted by Crippen LogP contribution is -2.38. The number of benzene rings is 3. The third-order valence-corrected chi connectivity index (χ3v) is 10.4. The lowest BCUT2D eigenvalue weighted by atomic mass is 9.98. The highest BCUT2D eigenvalue weighted by Gasteiger charge is 2.26. The Morgan fingerprint density at radius 3 is 2.15 bits per heavy atom. The molecule has 1 heterocycles. The number of nitrogens with zero attached hydrogens (tertiary/aromatic N) is 1. The van der Waals surface area contributed by atoms with Gasteiger partial charge in [-0.2, -0.15) is 0 Å². The number of anilines is 2. The molecule has 1 aliphatic heterocycles. The summed E-state index contributed by atoms with van der Waals surface area (Å²) in [6.45, 7) is 5.28. The van der Waals surface area contributed by atoms with Crippen molar-refractivity contribution in [3.63, 3.8) is 0 Å². The lowest BCUT2D eigenvalue weighted by Gasteiger charge is -2.30. The molecule has 1 amide bonds. The first-order chi connectivity index (χ1) is 18.9. The molecule has 0 spiro atoms. The molecule has 0 bridgehead atoms. The van der Waals surface area contributed by atoms with Crippen LogP contribution < -0.4 is 14.2 Å². The van der Waals surface area contributed by atoms with Crippen LogP contribution in [-0.2, 0) is 20.0 Å². The van der Waals surface area contributed by atoms with E-state index in [9.17, 15) is 21.6 Å². The molecule has 0 saturated carbocycles. The molecule has 0 aromatic heterocycles. The van der Waals surface area contributed by atoms with Gasteiger partial charge in [-0.1, -0.05) is 13.0 Å². The van der Waals surface area contributed by atoms with Crippen molar-refractivity contribution in [3.8, 4) is 5.75 Å². The first-order valence-corrected chi connectivity index (χ1v) is 16.9. The molecular formula is C28H33N3O6S3. The van der Waals surface area contributed by atoms with Gasteiger partial charge < -0.3 is 9.64 Å². The third-order valence-electron chi connectivity index (χ3n) is 6.80. The van der Waals surface area contributed by atoms with Crippen molar-refractivity contribution in [2.45, 2.75) is 41.4 Å². The number of rotatable bonds is 9. The summed E-state index contributed by atoms with van der Waals surface area (Å²) in [6, 6.07) is 15.0. The number of likely N-dealkylation sites (tertiary alicyclic amines) is 1. The highest BCUT2D eigenvalue weighted by molar-refractivity contribution is 7.98. The van der Waals surface area contributed by atoms with Crippen molar-refractivity contribution in [1.82, 2.24) is 4.90 Å². The fraction of sp³-hybridized carbons (Fsp3) is 0.321. The van der Waals surface area contributed by atoms with Gasteiger partial charge in [-0.25, -0.2) is 16.8 Å². The van der Waals surface area contributed by atoms with E-state index in [1.54, 1.807) is 29.2 Å². The zero-order valence-electron chi connectivity index (χ0n) is 22.8. The topological polar surface area (TPSA) is 122 Å². The van der Waals surface area contributed by atoms with E-state index in [4.69, 9.17) is 4.74 Å². The number of amides is 1. The number of hydrogen-bond acceptors (Lipinski definition) is 7. The Balaban J connectivity index is 1.53. The minimum absolute atomic E-state index is 0.0490. The Bertz CT molecular complexity index is 1600. The van der Waals surface area contributed by atoms with E-state index >= 15 is 0 Å². The molecule has 1 saturated heterocycles. The van der Waals surface area contributed by atoms with E-state index in [0.29, 0.717) is 40.9 Å². The van der Waals surface area contributed by atoms with E-state index in [2.05, 4.69) is 16.4 Å². The number of carbonyl (C=O) groups excluding carboxylic acids is 1. The number of thioether (sulfide) groups is 1. The molecule has 4 rings (SSSR count). The van der Waals surface area contributed by atoms with Crippen LogP contribution in [0, 0.1) is 12.8 Å². The summed E-state index contributed by atoms with van der Waals surface area (Å²) in [5.74, 6) is 0.752. The first kappa shape index (κ1) is 29.8. The molecule has 3 aromatic rings. The maximum Gasteiger partial charge on any atom is 0.262 e. The highest BCUT2D eigenvalue weighted by Crippen LogP contribution is 2.30. The van der Waals surface area contributed by atoms with Gasteiger partial charge in [0.05, 0.1) is 28.2 Å². The summed E-state index contributed by atoms with van der Waals surface area (Å²) in [5, 5.41) is 0. The fourth-order valence-corrected chi connectivity index (χ4v) is 7.14. The summed E-state index contributed by atoms with van der Waals surface area (Å²) < 4.78 is 62.6. The van der Waals surface area contributed by atoms with Crippen molar-refractivity contribution in [2.75, 3.05) is 35.9 Å². The number of piperidine rings is 1. The highest BCUT2D eigenvalue weighted by atomic mass is 32.2. The molecule has 3 aromatic carbocycles. The zero-order chi connectivity index (χ0) is 29.1. The van der Waals surface area contributed by atoms with Crippen molar-refractivity contribution in [3.05, 3.63) is 71.8 Å². The van der Waals surface area contributed by atoms with E-state index < -0.39 is 20.0 Å². The second-order valence-corrected chi connectivity index (χ2v) is 14.0. The molecule has 0 radical (unpaired) electrons. The van der Waals surface area contributed by atoms with Gasteiger partial charge in [0.2, 0.25) is 0 Å². The minimum Gasteiger partial charge on any atom is -0.495 e. The number of aryl methyl sites for hydroxylation is 1. The van der Waals surface area contributed by atoms with Gasteiger partial charge in [0, 0.05) is 23.7 Å². The summed E-state index contributed by atoms with van der Waals surface area (Å²) in [4.78, 5) is 15.7. The quantitative estimate of drug-likeness (QED) is 0.323. The number of carbonyl (C=O) groups is 1. The standard InChI is InChI=1S/C28H33N3O6S3/c1-19-13-15-31(16-14-19)28(32)24-18-23(10-12-27(24)38-4)40(35,36)29-21-6-8-22(9-7-21)39(33,34)30-25-17-20(2)5-11-26(25)37-3/h5-12,17-19,29-30H,13-16H2,1-4H3. The summed E-state index contributed by atoms with van der Waals surface area (Å²) in [7, 11) is -6.57. The van der Waals surface area contributed by atoms with E-state index in [-0.39, 0.29) is 21.4 Å². The van der Waals surface area contributed by atoms with Crippen LogP contribution in [0.1, 0.15) is 35.7 Å². The monoisotopic (exact) mass is 603 g/mol. The van der Waals surface area contributed by atoms with Gasteiger partial charge in [-0.05, 0) is 92.1 Å². The molecule has 1 fully saturated rings. The average Bonchev–Trinajstić information content (AvgIpc) is 2.92. The third kappa shape index (κ3) is 6.73. The predicted molar refractivity (Wildman–Crippen MR) is 158 cm³/mol. The van der Waals surface area contributed by atoms with Gasteiger partial charge in [0.25, 0.3) is 26.0 Å². The van der Waals surface area contributed by atoms with E-state index in [0.717, 1.165) is 18.4 Å². The van der Waals surface area contributed by atoms with Crippen LogP contribution in [0.5, 0.6) is 5.75 Å². The second kappa shape index (κ2) is 12.1. The largest absolute Gasteiger partial charge is 0.495 e. The minimum atomic E-state index is -4.06. The molecule has 2 N–H and O–H groups in total. The number of ether oxygens (including phenoxy) is 1. The van der Waals surface area contributed by atoms with Crippen LogP contribution in [-0.4, -0.2) is 54.1 Å². The average molecular weight is 604 g/mol. The maximum atomic E-state index is 13.3. The molecule has 40 heavy (non-hydrogen) atoms. The summed E-state index contributed by atoms with van der Waals surface area (Å²) in [6.07, 6.45) is 3.68. The van der Waals surface area contributed by atoms with Gasteiger partial charge in [-0.15, -0.1) is 11.8 Å². The van der Waals surface area contributed by atoms with Crippen molar-refractivity contribution >= 4 is 49.1 Å². The van der Waals surface area contributed by atoms with Crippen LogP contribution in [0.2, 0.25) is 0 Å². The van der Waals surface area contributed by atoms with Crippen LogP contribution in [0.15, 0.2) is 75.4 Å². The number of methoxy groups -OCH3 is 1. The fourth-order valence-electron chi connectivity index (χ4n) is 4.42. The number of nitrogens with one attached hydrogen (secondary N) is 2. The molecule has 214 valence electrons. The molecule has 0 unspecified atom stereocenters. The van der Waals surface area contributed by atoms with Crippen molar-refractivity contribution in [2.24, 2.45) is 5.92 Å². The Morgan fingerprint density at radius 2 is 1.52 bits per heavy atom. The van der Waals surface area contributed by atoms with Crippen LogP contribution in [0.25, 0.3) is 0 Å². The summed E-state index contributed by atoms with van der Waals surface area (Å²) >= 11 is 1.39. The predicted octanol–water partition coefficient (Wildman–Crippen LogP) is 5.20.